The fourth-order valence-electron chi connectivity index (χ4n) is 3.27. The van der Waals surface area contributed by atoms with E-state index in [0.29, 0.717) is 6.42 Å². The van der Waals surface area contributed by atoms with Crippen LogP contribution in [0.5, 0.6) is 0 Å². The van der Waals surface area contributed by atoms with Crippen LogP contribution in [-0.2, 0) is 31.0 Å². The maximum absolute atomic E-state index is 13.1. The van der Waals surface area contributed by atoms with E-state index in [2.05, 4.69) is 0 Å². The molecule has 0 spiro atoms. The van der Waals surface area contributed by atoms with Crippen LogP contribution in [0.25, 0.3) is 0 Å². The molecule has 1 aliphatic rings. The van der Waals surface area contributed by atoms with Crippen molar-refractivity contribution >= 4 is 21.9 Å². The van der Waals surface area contributed by atoms with Gasteiger partial charge in [0.1, 0.15) is 12.6 Å². The summed E-state index contributed by atoms with van der Waals surface area (Å²) in [6.45, 7) is 3.67. The van der Waals surface area contributed by atoms with Gasteiger partial charge in [-0.1, -0.05) is 55.0 Å². The number of amides is 1. The minimum absolute atomic E-state index is 0.0101. The van der Waals surface area contributed by atoms with E-state index in [1.54, 1.807) is 19.1 Å². The molecule has 1 amide bonds. The lowest BCUT2D eigenvalue weighted by atomic mass is 10.0. The number of hydrogen-bond donors (Lipinski definition) is 0. The summed E-state index contributed by atoms with van der Waals surface area (Å²) in [6.07, 6.45) is 0.593. The lowest BCUT2D eigenvalue weighted by molar-refractivity contribution is -0.150. The Bertz CT molecular complexity index is 954. The highest BCUT2D eigenvalue weighted by atomic mass is 32.2. The van der Waals surface area contributed by atoms with Crippen molar-refractivity contribution in [3.63, 3.8) is 0 Å². The van der Waals surface area contributed by atoms with E-state index in [1.165, 1.54) is 12.1 Å². The van der Waals surface area contributed by atoms with Gasteiger partial charge in [0.2, 0.25) is 5.91 Å². The Balaban J connectivity index is 1.86. The second-order valence-electron chi connectivity index (χ2n) is 6.90. The third-order valence-corrected chi connectivity index (χ3v) is 6.74. The van der Waals surface area contributed by atoms with E-state index in [9.17, 15) is 18.0 Å². The fraction of sp³-hybridized carbons (Fsp3) is 0.333. The Labute approximate surface area is 165 Å². The molecule has 1 saturated heterocycles. The van der Waals surface area contributed by atoms with Crippen molar-refractivity contribution in [2.75, 3.05) is 0 Å². The third-order valence-electron chi connectivity index (χ3n) is 4.92. The molecular weight excluding hydrogens is 378 g/mol. The molecule has 0 aromatic heterocycles. The number of benzene rings is 2. The highest BCUT2D eigenvalue weighted by Crippen LogP contribution is 2.33. The summed E-state index contributed by atoms with van der Waals surface area (Å²) in [5.41, 5.74) is 1.69. The highest BCUT2D eigenvalue weighted by Gasteiger charge is 2.49. The van der Waals surface area contributed by atoms with Crippen LogP contribution >= 0.6 is 0 Å². The Morgan fingerprint density at radius 1 is 1.11 bits per heavy atom. The first-order valence-corrected chi connectivity index (χ1v) is 10.6. The zero-order valence-corrected chi connectivity index (χ0v) is 16.7. The molecule has 2 atom stereocenters. The first-order chi connectivity index (χ1) is 13.3. The molecule has 1 fully saturated rings. The number of nitrogens with zero attached hydrogens (tertiary/aromatic N) is 1. The number of rotatable bonds is 6. The van der Waals surface area contributed by atoms with Gasteiger partial charge in [0.15, 0.2) is 0 Å². The van der Waals surface area contributed by atoms with Crippen molar-refractivity contribution < 1.29 is 22.7 Å². The lowest BCUT2D eigenvalue weighted by Crippen LogP contribution is -2.43. The van der Waals surface area contributed by atoms with E-state index < -0.39 is 33.9 Å². The Morgan fingerprint density at radius 3 is 2.36 bits per heavy atom. The van der Waals surface area contributed by atoms with E-state index >= 15 is 0 Å². The number of aryl methyl sites for hydroxylation is 1. The second-order valence-corrected chi connectivity index (χ2v) is 8.72. The van der Waals surface area contributed by atoms with Gasteiger partial charge in [0.25, 0.3) is 10.0 Å². The van der Waals surface area contributed by atoms with Crippen LogP contribution in [0.15, 0.2) is 59.5 Å². The average Bonchev–Trinajstić information content (AvgIpc) is 3.04. The van der Waals surface area contributed by atoms with Gasteiger partial charge >= 0.3 is 5.97 Å². The Kier molecular flexibility index (Phi) is 5.84. The standard InChI is InChI=1S/C21H23NO5S/c1-3-17-13-19(21(24)27-14-16-7-5-4-6-8-16)22(20(17)23)28(25,26)18-11-9-15(2)10-12-18/h4-12,17,19H,3,13-14H2,1-2H3. The molecule has 0 N–H and O–H groups in total. The summed E-state index contributed by atoms with van der Waals surface area (Å²) < 4.78 is 32.3. The summed E-state index contributed by atoms with van der Waals surface area (Å²) in [7, 11) is -4.14. The van der Waals surface area contributed by atoms with Gasteiger partial charge < -0.3 is 4.74 Å². The largest absolute Gasteiger partial charge is 0.459 e. The van der Waals surface area contributed by atoms with E-state index in [0.717, 1.165) is 15.4 Å². The maximum Gasteiger partial charge on any atom is 0.330 e. The molecule has 0 bridgehead atoms. The summed E-state index contributed by atoms with van der Waals surface area (Å²) in [5, 5.41) is 0. The minimum atomic E-state index is -4.14. The van der Waals surface area contributed by atoms with Gasteiger partial charge in [-0.3, -0.25) is 4.79 Å². The monoisotopic (exact) mass is 401 g/mol. The molecule has 0 saturated carbocycles. The molecule has 1 aliphatic heterocycles. The summed E-state index contributed by atoms with van der Waals surface area (Å²) >= 11 is 0. The molecule has 28 heavy (non-hydrogen) atoms. The Morgan fingerprint density at radius 2 is 1.75 bits per heavy atom. The molecule has 2 unspecified atom stereocenters. The molecule has 0 aliphatic carbocycles. The number of ether oxygens (including phenoxy) is 1. The second kappa shape index (κ2) is 8.14. The van der Waals surface area contributed by atoms with Crippen molar-refractivity contribution in [3.8, 4) is 0 Å². The van der Waals surface area contributed by atoms with Crippen LogP contribution in [0.1, 0.15) is 30.9 Å². The zero-order chi connectivity index (χ0) is 20.3. The van der Waals surface area contributed by atoms with Crippen LogP contribution in [0.2, 0.25) is 0 Å². The van der Waals surface area contributed by atoms with Crippen LogP contribution in [0.4, 0.5) is 0 Å². The normalized spacial score (nSPS) is 19.6. The van der Waals surface area contributed by atoms with Gasteiger partial charge in [-0.25, -0.2) is 17.5 Å². The molecule has 7 heteroatoms. The number of esters is 1. The van der Waals surface area contributed by atoms with Crippen LogP contribution in [0.3, 0.4) is 0 Å². The van der Waals surface area contributed by atoms with Crippen molar-refractivity contribution in [1.82, 2.24) is 4.31 Å². The first-order valence-electron chi connectivity index (χ1n) is 9.20. The first kappa shape index (κ1) is 20.1. The minimum Gasteiger partial charge on any atom is -0.459 e. The van der Waals surface area contributed by atoms with Crippen molar-refractivity contribution in [3.05, 3.63) is 65.7 Å². The van der Waals surface area contributed by atoms with Gasteiger partial charge in [0.05, 0.1) is 4.90 Å². The number of carbonyl (C=O) groups is 2. The fourth-order valence-corrected chi connectivity index (χ4v) is 4.87. The van der Waals surface area contributed by atoms with Gasteiger partial charge in [-0.15, -0.1) is 0 Å². The molecular formula is C21H23NO5S. The van der Waals surface area contributed by atoms with Crippen molar-refractivity contribution in [2.24, 2.45) is 5.92 Å². The summed E-state index contributed by atoms with van der Waals surface area (Å²) in [5.74, 6) is -1.77. The van der Waals surface area contributed by atoms with Gasteiger partial charge in [0, 0.05) is 5.92 Å². The summed E-state index contributed by atoms with van der Waals surface area (Å²) in [4.78, 5) is 25.4. The van der Waals surface area contributed by atoms with Crippen LogP contribution in [0, 0.1) is 12.8 Å². The third kappa shape index (κ3) is 3.94. The maximum atomic E-state index is 13.1. The predicted octanol–water partition coefficient (Wildman–Crippen LogP) is 3.05. The topological polar surface area (TPSA) is 80.8 Å². The van der Waals surface area contributed by atoms with Crippen molar-refractivity contribution in [1.29, 1.82) is 0 Å². The number of carbonyl (C=O) groups excluding carboxylic acids is 2. The molecule has 0 radical (unpaired) electrons. The predicted molar refractivity (Wildman–Crippen MR) is 104 cm³/mol. The molecule has 1 heterocycles. The van der Waals surface area contributed by atoms with Crippen LogP contribution < -0.4 is 0 Å². The van der Waals surface area contributed by atoms with Crippen LogP contribution in [-0.4, -0.2) is 30.6 Å². The average molecular weight is 401 g/mol. The molecule has 2 aromatic carbocycles. The quantitative estimate of drug-likeness (QED) is 0.695. The number of sulfonamides is 1. The molecule has 3 rings (SSSR count). The van der Waals surface area contributed by atoms with E-state index in [4.69, 9.17) is 4.74 Å². The van der Waals surface area contributed by atoms with Crippen molar-refractivity contribution in [2.45, 2.75) is 44.2 Å². The SMILES string of the molecule is CCC1CC(C(=O)OCc2ccccc2)N(S(=O)(=O)c2ccc(C)cc2)C1=O. The lowest BCUT2D eigenvalue weighted by Gasteiger charge is -2.23. The van der Waals surface area contributed by atoms with Gasteiger partial charge in [-0.05, 0) is 37.5 Å². The zero-order valence-electron chi connectivity index (χ0n) is 15.9. The Hall–Kier alpha value is -2.67. The van der Waals surface area contributed by atoms with E-state index in [-0.39, 0.29) is 17.9 Å². The summed E-state index contributed by atoms with van der Waals surface area (Å²) in [6, 6.07) is 14.2. The molecule has 148 valence electrons. The van der Waals surface area contributed by atoms with Gasteiger partial charge in [-0.2, -0.15) is 0 Å². The van der Waals surface area contributed by atoms with E-state index in [1.807, 2.05) is 37.3 Å². The highest BCUT2D eigenvalue weighted by molar-refractivity contribution is 7.89. The molecule has 6 nitrogen and oxygen atoms in total. The molecule has 2 aromatic rings. The smallest absolute Gasteiger partial charge is 0.330 e. The number of hydrogen-bond acceptors (Lipinski definition) is 5.